The highest BCUT2D eigenvalue weighted by Gasteiger charge is 2.19. The van der Waals surface area contributed by atoms with Crippen molar-refractivity contribution in [1.29, 1.82) is 0 Å². The maximum atomic E-state index is 5.79. The SMILES string of the molecule is C=C(C)COc1cc(CNC[C@H]2CCc3nncn3C2)ccc1OC. The average Bonchev–Trinajstić information content (AvgIpc) is 3.08. The van der Waals surface area contributed by atoms with E-state index in [0.717, 1.165) is 55.4 Å². The highest BCUT2D eigenvalue weighted by molar-refractivity contribution is 5.43. The molecule has 134 valence electrons. The van der Waals surface area contributed by atoms with E-state index >= 15 is 0 Å². The molecular formula is C19H26N4O2. The largest absolute Gasteiger partial charge is 0.493 e. The minimum absolute atomic E-state index is 0.497. The molecule has 0 saturated heterocycles. The van der Waals surface area contributed by atoms with Gasteiger partial charge in [0, 0.05) is 19.5 Å². The molecule has 1 aliphatic heterocycles. The monoisotopic (exact) mass is 342 g/mol. The molecule has 0 spiro atoms. The smallest absolute Gasteiger partial charge is 0.161 e. The number of methoxy groups -OCH3 is 1. The Hall–Kier alpha value is -2.34. The first-order chi connectivity index (χ1) is 12.2. The number of hydrogen-bond donors (Lipinski definition) is 1. The lowest BCUT2D eigenvalue weighted by atomic mass is 9.99. The van der Waals surface area contributed by atoms with Gasteiger partial charge in [0.25, 0.3) is 0 Å². The van der Waals surface area contributed by atoms with Crippen LogP contribution in [0.25, 0.3) is 0 Å². The van der Waals surface area contributed by atoms with Crippen LogP contribution in [-0.2, 0) is 19.5 Å². The number of hydrogen-bond acceptors (Lipinski definition) is 5. The molecule has 1 aromatic carbocycles. The van der Waals surface area contributed by atoms with E-state index in [4.69, 9.17) is 9.47 Å². The van der Waals surface area contributed by atoms with Gasteiger partial charge in [-0.25, -0.2) is 0 Å². The topological polar surface area (TPSA) is 61.2 Å². The van der Waals surface area contributed by atoms with Crippen LogP contribution >= 0.6 is 0 Å². The first kappa shape index (κ1) is 17.5. The number of ether oxygens (including phenoxy) is 2. The van der Waals surface area contributed by atoms with Crippen molar-refractivity contribution in [2.75, 3.05) is 20.3 Å². The van der Waals surface area contributed by atoms with Gasteiger partial charge in [-0.3, -0.25) is 0 Å². The van der Waals surface area contributed by atoms with Crippen LogP contribution in [0.3, 0.4) is 0 Å². The van der Waals surface area contributed by atoms with Gasteiger partial charge in [0.15, 0.2) is 11.5 Å². The molecule has 0 radical (unpaired) electrons. The zero-order valence-corrected chi connectivity index (χ0v) is 15.0. The highest BCUT2D eigenvalue weighted by Crippen LogP contribution is 2.28. The summed E-state index contributed by atoms with van der Waals surface area (Å²) >= 11 is 0. The van der Waals surface area contributed by atoms with E-state index in [1.54, 1.807) is 7.11 Å². The molecule has 0 aliphatic carbocycles. The van der Waals surface area contributed by atoms with E-state index in [2.05, 4.69) is 32.7 Å². The lowest BCUT2D eigenvalue weighted by Crippen LogP contribution is -2.29. The molecule has 0 unspecified atom stereocenters. The Morgan fingerprint density at radius 2 is 2.28 bits per heavy atom. The number of nitrogens with zero attached hydrogens (tertiary/aromatic N) is 3. The van der Waals surface area contributed by atoms with E-state index in [1.807, 2.05) is 25.4 Å². The minimum atomic E-state index is 0.497. The van der Waals surface area contributed by atoms with E-state index in [9.17, 15) is 0 Å². The number of fused-ring (bicyclic) bond motifs is 1. The molecule has 6 heteroatoms. The molecule has 1 atom stereocenters. The van der Waals surface area contributed by atoms with Crippen LogP contribution in [-0.4, -0.2) is 35.0 Å². The summed E-state index contributed by atoms with van der Waals surface area (Å²) in [5, 5.41) is 11.7. The summed E-state index contributed by atoms with van der Waals surface area (Å²) in [5.74, 6) is 3.22. The molecule has 6 nitrogen and oxygen atoms in total. The van der Waals surface area contributed by atoms with Crippen molar-refractivity contribution in [2.24, 2.45) is 5.92 Å². The summed E-state index contributed by atoms with van der Waals surface area (Å²) in [7, 11) is 1.66. The number of nitrogens with one attached hydrogen (secondary N) is 1. The van der Waals surface area contributed by atoms with Gasteiger partial charge in [-0.15, -0.1) is 10.2 Å². The number of aryl methyl sites for hydroxylation is 1. The van der Waals surface area contributed by atoms with Gasteiger partial charge < -0.3 is 19.4 Å². The van der Waals surface area contributed by atoms with Crippen LogP contribution in [0.2, 0.25) is 0 Å². The molecule has 0 saturated carbocycles. The van der Waals surface area contributed by atoms with E-state index in [0.29, 0.717) is 12.5 Å². The Morgan fingerprint density at radius 1 is 1.40 bits per heavy atom. The van der Waals surface area contributed by atoms with Crippen molar-refractivity contribution >= 4 is 0 Å². The Labute approximate surface area is 148 Å². The van der Waals surface area contributed by atoms with E-state index in [1.165, 1.54) is 5.56 Å². The van der Waals surface area contributed by atoms with Crippen LogP contribution in [0.15, 0.2) is 36.7 Å². The van der Waals surface area contributed by atoms with Crippen LogP contribution in [0.1, 0.15) is 24.7 Å². The first-order valence-electron chi connectivity index (χ1n) is 8.67. The standard InChI is InChI=1S/C19H26N4O2/c1-14(2)12-25-18-8-15(4-6-17(18)24-3)9-20-10-16-5-7-19-22-21-13-23(19)11-16/h4,6,8,13,16,20H,1,5,7,9-12H2,2-3H3/t16-/m1/s1. The summed E-state index contributed by atoms with van der Waals surface area (Å²) in [6.07, 6.45) is 3.99. The summed E-state index contributed by atoms with van der Waals surface area (Å²) in [5.41, 5.74) is 2.16. The van der Waals surface area contributed by atoms with E-state index in [-0.39, 0.29) is 0 Å². The molecule has 1 aliphatic rings. The first-order valence-corrected chi connectivity index (χ1v) is 8.67. The van der Waals surface area contributed by atoms with Crippen LogP contribution in [0.5, 0.6) is 11.5 Å². The Morgan fingerprint density at radius 3 is 3.08 bits per heavy atom. The zero-order chi connectivity index (χ0) is 17.6. The van der Waals surface area contributed by atoms with Crippen molar-refractivity contribution in [3.8, 4) is 11.5 Å². The second kappa shape index (κ2) is 8.16. The molecule has 2 aromatic rings. The van der Waals surface area contributed by atoms with Crippen LogP contribution in [0.4, 0.5) is 0 Å². The summed E-state index contributed by atoms with van der Waals surface area (Å²) in [6.45, 7) is 9.09. The third-order valence-electron chi connectivity index (χ3n) is 4.39. The van der Waals surface area contributed by atoms with Crippen molar-refractivity contribution in [3.05, 3.63) is 48.1 Å². The second-order valence-corrected chi connectivity index (χ2v) is 6.67. The van der Waals surface area contributed by atoms with Crippen LogP contribution in [0, 0.1) is 5.92 Å². The molecular weight excluding hydrogens is 316 g/mol. The quantitative estimate of drug-likeness (QED) is 0.747. The van der Waals surface area contributed by atoms with Gasteiger partial charge in [0.2, 0.25) is 0 Å². The summed E-state index contributed by atoms with van der Waals surface area (Å²) in [4.78, 5) is 0. The van der Waals surface area contributed by atoms with Gasteiger partial charge in [-0.1, -0.05) is 12.6 Å². The molecule has 2 heterocycles. The molecule has 1 N–H and O–H groups in total. The number of aromatic nitrogens is 3. The van der Waals surface area contributed by atoms with Gasteiger partial charge >= 0.3 is 0 Å². The lowest BCUT2D eigenvalue weighted by Gasteiger charge is -2.23. The third-order valence-corrected chi connectivity index (χ3v) is 4.39. The Kier molecular flexibility index (Phi) is 5.71. The molecule has 0 bridgehead atoms. The van der Waals surface area contributed by atoms with Gasteiger partial charge in [-0.2, -0.15) is 0 Å². The number of rotatable bonds is 8. The Balaban J connectivity index is 1.52. The van der Waals surface area contributed by atoms with E-state index < -0.39 is 0 Å². The fraction of sp³-hybridized carbons (Fsp3) is 0.474. The molecule has 1 aromatic heterocycles. The lowest BCUT2D eigenvalue weighted by molar-refractivity contribution is 0.319. The second-order valence-electron chi connectivity index (χ2n) is 6.67. The highest BCUT2D eigenvalue weighted by atomic mass is 16.5. The average molecular weight is 342 g/mol. The maximum absolute atomic E-state index is 5.79. The molecule has 3 rings (SSSR count). The third kappa shape index (κ3) is 4.60. The van der Waals surface area contributed by atoms with Gasteiger partial charge in [0.05, 0.1) is 7.11 Å². The molecule has 0 fully saturated rings. The fourth-order valence-corrected chi connectivity index (χ4v) is 3.06. The summed E-state index contributed by atoms with van der Waals surface area (Å²) in [6, 6.07) is 6.06. The van der Waals surface area contributed by atoms with Crippen molar-refractivity contribution in [2.45, 2.75) is 32.9 Å². The Bertz CT molecular complexity index is 726. The van der Waals surface area contributed by atoms with Crippen molar-refractivity contribution in [3.63, 3.8) is 0 Å². The minimum Gasteiger partial charge on any atom is -0.493 e. The van der Waals surface area contributed by atoms with Gasteiger partial charge in [-0.05, 0) is 49.1 Å². The van der Waals surface area contributed by atoms with Crippen molar-refractivity contribution in [1.82, 2.24) is 20.1 Å². The predicted octanol–water partition coefficient (Wildman–Crippen LogP) is 2.59. The zero-order valence-electron chi connectivity index (χ0n) is 15.0. The van der Waals surface area contributed by atoms with Gasteiger partial charge in [0.1, 0.15) is 18.8 Å². The predicted molar refractivity (Wildman–Crippen MR) is 96.8 cm³/mol. The van der Waals surface area contributed by atoms with Crippen molar-refractivity contribution < 1.29 is 9.47 Å². The van der Waals surface area contributed by atoms with Crippen LogP contribution < -0.4 is 14.8 Å². The summed E-state index contributed by atoms with van der Waals surface area (Å²) < 4.78 is 13.3. The maximum Gasteiger partial charge on any atom is 0.161 e. The molecule has 25 heavy (non-hydrogen) atoms. The fourth-order valence-electron chi connectivity index (χ4n) is 3.06. The number of benzene rings is 1. The normalized spacial score (nSPS) is 16.3. The molecule has 0 amide bonds.